The molecule has 0 radical (unpaired) electrons. The Hall–Kier alpha value is -3.74. The molecule has 0 saturated heterocycles. The van der Waals surface area contributed by atoms with Gasteiger partial charge in [-0.25, -0.2) is 4.79 Å². The minimum absolute atomic E-state index is 0.401. The van der Waals surface area contributed by atoms with Crippen LogP contribution in [0.25, 0.3) is 0 Å². The van der Waals surface area contributed by atoms with Crippen molar-refractivity contribution < 1.29 is 19.0 Å². The van der Waals surface area contributed by atoms with Crippen LogP contribution < -0.4 is 19.3 Å². The largest absolute Gasteiger partial charge is 0.496 e. The van der Waals surface area contributed by atoms with E-state index in [0.29, 0.717) is 22.8 Å². The van der Waals surface area contributed by atoms with Gasteiger partial charge in [0.25, 0.3) is 0 Å². The van der Waals surface area contributed by atoms with Crippen LogP contribution in [0.15, 0.2) is 48.7 Å². The predicted molar refractivity (Wildman–Crippen MR) is 170 cm³/mol. The van der Waals surface area contributed by atoms with Gasteiger partial charge in [0.1, 0.15) is 17.2 Å². The first-order valence-electron chi connectivity index (χ1n) is 15.5. The van der Waals surface area contributed by atoms with E-state index in [9.17, 15) is 4.79 Å². The smallest absolute Gasteiger partial charge is 0.341 e. The van der Waals surface area contributed by atoms with Crippen molar-refractivity contribution in [3.8, 4) is 11.5 Å². The number of methoxy groups -OCH3 is 2. The summed E-state index contributed by atoms with van der Waals surface area (Å²) in [5, 5.41) is 0. The van der Waals surface area contributed by atoms with Crippen LogP contribution in [0.3, 0.4) is 0 Å². The van der Waals surface area contributed by atoms with E-state index >= 15 is 0 Å². The highest BCUT2D eigenvalue weighted by molar-refractivity contribution is 5.96. The molecule has 0 fully saturated rings. The fourth-order valence-electron chi connectivity index (χ4n) is 6.04. The van der Waals surface area contributed by atoms with Crippen molar-refractivity contribution in [2.24, 2.45) is 0 Å². The number of cyclic esters (lactones) is 1. The summed E-state index contributed by atoms with van der Waals surface area (Å²) in [4.78, 5) is 23.3. The van der Waals surface area contributed by atoms with Crippen molar-refractivity contribution >= 4 is 17.3 Å². The van der Waals surface area contributed by atoms with Gasteiger partial charge in [0.2, 0.25) is 5.60 Å². The lowest BCUT2D eigenvalue weighted by molar-refractivity contribution is 0.0230. The third kappa shape index (κ3) is 5.79. The molecule has 0 atom stereocenters. The molecule has 3 aromatic rings. The Labute approximate surface area is 251 Å². The molecule has 4 rings (SSSR count). The second-order valence-electron chi connectivity index (χ2n) is 10.9. The first kappa shape index (κ1) is 31.2. The topological polar surface area (TPSA) is 64.1 Å². The van der Waals surface area contributed by atoms with Crippen LogP contribution in [0.4, 0.5) is 11.4 Å². The summed E-state index contributed by atoms with van der Waals surface area (Å²) in [5.41, 5.74) is 4.26. The highest BCUT2D eigenvalue weighted by Crippen LogP contribution is 2.52. The summed E-state index contributed by atoms with van der Waals surface area (Å²) in [6.45, 7) is 14.6. The van der Waals surface area contributed by atoms with E-state index in [4.69, 9.17) is 19.2 Å². The SMILES string of the molecule is CCCN(CCC)c1ccc(C2(c3ccc(N(CCC)CCC)cc3OC)OC(=O)c3cc(CC)cnc32)c(OC)c1. The molecule has 0 amide bonds. The summed E-state index contributed by atoms with van der Waals surface area (Å²) in [5.74, 6) is 0.870. The van der Waals surface area contributed by atoms with Crippen molar-refractivity contribution in [3.05, 3.63) is 76.6 Å². The van der Waals surface area contributed by atoms with Crippen LogP contribution in [-0.2, 0) is 16.8 Å². The number of nitrogens with zero attached hydrogens (tertiary/aromatic N) is 3. The molecule has 2 aromatic carbocycles. The maximum Gasteiger partial charge on any atom is 0.341 e. The van der Waals surface area contributed by atoms with E-state index in [-0.39, 0.29) is 0 Å². The van der Waals surface area contributed by atoms with Gasteiger partial charge in [0.15, 0.2) is 0 Å². The van der Waals surface area contributed by atoms with E-state index in [1.54, 1.807) is 14.2 Å². The average Bonchev–Trinajstić information content (AvgIpc) is 3.31. The Kier molecular flexibility index (Phi) is 10.4. The van der Waals surface area contributed by atoms with Crippen molar-refractivity contribution in [2.75, 3.05) is 50.2 Å². The molecule has 226 valence electrons. The zero-order chi connectivity index (χ0) is 30.3. The number of carbonyl (C=O) groups excluding carboxylic acids is 1. The van der Waals surface area contributed by atoms with Gasteiger partial charge in [-0.3, -0.25) is 4.98 Å². The molecule has 7 nitrogen and oxygen atoms in total. The maximum atomic E-state index is 13.6. The molecular formula is C35H47N3O4. The third-order valence-corrected chi connectivity index (χ3v) is 7.98. The standard InChI is InChI=1S/C35H47N3O4/c1-8-17-37(18-9-2)26-13-15-29(31(22-26)40-6)35(33-28(34(39)42-35)21-25(12-5)24-36-33)30-16-14-27(23-32(30)41-7)38(19-10-3)20-11-4/h13-16,21-24H,8-12,17-20H2,1-7H3. The molecule has 0 N–H and O–H groups in total. The molecule has 1 aliphatic heterocycles. The van der Waals surface area contributed by atoms with Crippen LogP contribution in [0, 0.1) is 0 Å². The van der Waals surface area contributed by atoms with Crippen LogP contribution in [-0.4, -0.2) is 51.4 Å². The average molecular weight is 574 g/mol. The fraction of sp³-hybridized carbons (Fsp3) is 0.486. The minimum Gasteiger partial charge on any atom is -0.496 e. The number of carbonyl (C=O) groups is 1. The second kappa shape index (κ2) is 14.0. The number of benzene rings is 2. The predicted octanol–water partition coefficient (Wildman–Crippen LogP) is 7.38. The molecule has 1 aliphatic rings. The Balaban J connectivity index is 1.99. The number of pyridine rings is 1. The molecule has 1 aromatic heterocycles. The van der Waals surface area contributed by atoms with Gasteiger partial charge in [0.05, 0.1) is 19.8 Å². The van der Waals surface area contributed by atoms with E-state index in [1.807, 2.05) is 24.4 Å². The summed E-state index contributed by atoms with van der Waals surface area (Å²) in [6.07, 6.45) is 6.77. The first-order valence-corrected chi connectivity index (χ1v) is 15.5. The summed E-state index contributed by atoms with van der Waals surface area (Å²) in [7, 11) is 3.33. The zero-order valence-corrected chi connectivity index (χ0v) is 26.5. The van der Waals surface area contributed by atoms with E-state index in [2.05, 4.69) is 68.7 Å². The van der Waals surface area contributed by atoms with Crippen LogP contribution >= 0.6 is 0 Å². The number of esters is 1. The summed E-state index contributed by atoms with van der Waals surface area (Å²) < 4.78 is 18.6. The number of hydrogen-bond acceptors (Lipinski definition) is 7. The van der Waals surface area contributed by atoms with Crippen molar-refractivity contribution in [3.63, 3.8) is 0 Å². The van der Waals surface area contributed by atoms with Gasteiger partial charge in [-0.1, -0.05) is 34.6 Å². The second-order valence-corrected chi connectivity index (χ2v) is 10.9. The van der Waals surface area contributed by atoms with E-state index < -0.39 is 11.6 Å². The van der Waals surface area contributed by atoms with Gasteiger partial charge < -0.3 is 24.0 Å². The zero-order valence-electron chi connectivity index (χ0n) is 26.5. The van der Waals surface area contributed by atoms with Gasteiger partial charge in [-0.2, -0.15) is 0 Å². The Morgan fingerprint density at radius 1 is 0.738 bits per heavy atom. The lowest BCUT2D eigenvalue weighted by Gasteiger charge is -2.33. The van der Waals surface area contributed by atoms with Crippen LogP contribution in [0.5, 0.6) is 11.5 Å². The Morgan fingerprint density at radius 2 is 1.21 bits per heavy atom. The summed E-state index contributed by atoms with van der Waals surface area (Å²) in [6, 6.07) is 14.3. The van der Waals surface area contributed by atoms with Crippen LogP contribution in [0.1, 0.15) is 93.0 Å². The van der Waals surface area contributed by atoms with E-state index in [1.165, 1.54) is 0 Å². The minimum atomic E-state index is -1.34. The molecule has 0 saturated carbocycles. The van der Waals surface area contributed by atoms with Crippen LogP contribution in [0.2, 0.25) is 0 Å². The Morgan fingerprint density at radius 3 is 1.62 bits per heavy atom. The number of fused-ring (bicyclic) bond motifs is 1. The number of aromatic nitrogens is 1. The maximum absolute atomic E-state index is 13.6. The van der Waals surface area contributed by atoms with Crippen molar-refractivity contribution in [2.45, 2.75) is 72.3 Å². The normalized spacial score (nSPS) is 13.5. The molecule has 2 heterocycles. The monoisotopic (exact) mass is 573 g/mol. The highest BCUT2D eigenvalue weighted by atomic mass is 16.6. The number of rotatable bonds is 15. The summed E-state index contributed by atoms with van der Waals surface area (Å²) >= 11 is 0. The van der Waals surface area contributed by atoms with Gasteiger partial charge in [-0.15, -0.1) is 0 Å². The molecule has 0 bridgehead atoms. The molecular weight excluding hydrogens is 526 g/mol. The van der Waals surface area contributed by atoms with E-state index in [0.717, 1.165) is 86.3 Å². The molecule has 0 aliphatic carbocycles. The molecule has 0 spiro atoms. The van der Waals surface area contributed by atoms with Gasteiger partial charge >= 0.3 is 5.97 Å². The lowest BCUT2D eigenvalue weighted by atomic mass is 9.81. The number of ether oxygens (including phenoxy) is 3. The molecule has 7 heteroatoms. The van der Waals surface area contributed by atoms with Gasteiger partial charge in [0, 0.05) is 67.0 Å². The number of hydrogen-bond donors (Lipinski definition) is 0. The molecule has 0 unspecified atom stereocenters. The van der Waals surface area contributed by atoms with Gasteiger partial charge in [-0.05, 0) is 68.0 Å². The number of anilines is 2. The molecule has 42 heavy (non-hydrogen) atoms. The fourth-order valence-corrected chi connectivity index (χ4v) is 6.04. The number of aryl methyl sites for hydroxylation is 1. The highest BCUT2D eigenvalue weighted by Gasteiger charge is 2.53. The van der Waals surface area contributed by atoms with Crippen molar-refractivity contribution in [1.82, 2.24) is 4.98 Å². The van der Waals surface area contributed by atoms with Crippen molar-refractivity contribution in [1.29, 1.82) is 0 Å². The third-order valence-electron chi connectivity index (χ3n) is 7.98. The quantitative estimate of drug-likeness (QED) is 0.176. The Bertz CT molecular complexity index is 1290. The first-order chi connectivity index (χ1) is 20.4. The lowest BCUT2D eigenvalue weighted by Crippen LogP contribution is -2.32.